The van der Waals surface area contributed by atoms with Gasteiger partial charge in [0.25, 0.3) is 0 Å². The third-order valence-electron chi connectivity index (χ3n) is 5.00. The Kier molecular flexibility index (Phi) is 6.01. The SMILES string of the molecule is COC(=O)C1CC(C(=O)O)N(C(=O)Nc2ccccc2)C1c1ccc(OC)cc1. The molecule has 0 aliphatic carbocycles. The predicted molar refractivity (Wildman–Crippen MR) is 105 cm³/mol. The van der Waals surface area contributed by atoms with Gasteiger partial charge in [0.05, 0.1) is 26.2 Å². The second-order valence-electron chi connectivity index (χ2n) is 6.64. The number of nitrogens with zero attached hydrogens (tertiary/aromatic N) is 1. The molecule has 3 unspecified atom stereocenters. The Morgan fingerprint density at radius 3 is 2.24 bits per heavy atom. The minimum Gasteiger partial charge on any atom is -0.497 e. The molecule has 1 saturated heterocycles. The lowest BCUT2D eigenvalue weighted by molar-refractivity contribution is -0.146. The highest BCUT2D eigenvalue weighted by molar-refractivity contribution is 5.94. The van der Waals surface area contributed by atoms with E-state index in [0.717, 1.165) is 0 Å². The maximum Gasteiger partial charge on any atom is 0.326 e. The van der Waals surface area contributed by atoms with Gasteiger partial charge in [-0.2, -0.15) is 0 Å². The van der Waals surface area contributed by atoms with E-state index in [1.165, 1.54) is 19.1 Å². The van der Waals surface area contributed by atoms with Crippen LogP contribution >= 0.6 is 0 Å². The molecule has 1 aliphatic rings. The number of carbonyl (C=O) groups is 3. The number of carbonyl (C=O) groups excluding carboxylic acids is 2. The molecule has 0 aromatic heterocycles. The van der Waals surface area contributed by atoms with E-state index in [1.807, 2.05) is 0 Å². The van der Waals surface area contributed by atoms with Gasteiger partial charge in [0, 0.05) is 5.69 Å². The molecule has 1 fully saturated rings. The zero-order chi connectivity index (χ0) is 21.0. The van der Waals surface area contributed by atoms with Gasteiger partial charge in [-0.3, -0.25) is 4.79 Å². The van der Waals surface area contributed by atoms with E-state index in [1.54, 1.807) is 54.6 Å². The number of esters is 1. The van der Waals surface area contributed by atoms with E-state index in [4.69, 9.17) is 9.47 Å². The molecule has 0 radical (unpaired) electrons. The molecule has 0 saturated carbocycles. The van der Waals surface area contributed by atoms with Crippen LogP contribution in [0, 0.1) is 5.92 Å². The van der Waals surface area contributed by atoms with E-state index in [0.29, 0.717) is 17.0 Å². The average molecular weight is 398 g/mol. The van der Waals surface area contributed by atoms with Crippen LogP contribution in [-0.2, 0) is 14.3 Å². The van der Waals surface area contributed by atoms with Crippen LogP contribution in [-0.4, -0.2) is 48.2 Å². The van der Waals surface area contributed by atoms with Crippen LogP contribution in [0.4, 0.5) is 10.5 Å². The number of urea groups is 1. The highest BCUT2D eigenvalue weighted by Crippen LogP contribution is 2.42. The van der Waals surface area contributed by atoms with Crippen molar-refractivity contribution >= 4 is 23.7 Å². The quantitative estimate of drug-likeness (QED) is 0.751. The first-order valence-electron chi connectivity index (χ1n) is 9.05. The largest absolute Gasteiger partial charge is 0.497 e. The molecule has 8 heteroatoms. The summed E-state index contributed by atoms with van der Waals surface area (Å²) in [6.07, 6.45) is -0.0408. The molecule has 3 atom stereocenters. The summed E-state index contributed by atoms with van der Waals surface area (Å²) in [7, 11) is 2.78. The lowest BCUT2D eigenvalue weighted by Gasteiger charge is -2.30. The monoisotopic (exact) mass is 398 g/mol. The van der Waals surface area contributed by atoms with Crippen molar-refractivity contribution in [3.63, 3.8) is 0 Å². The van der Waals surface area contributed by atoms with Crippen molar-refractivity contribution in [2.24, 2.45) is 5.92 Å². The number of methoxy groups -OCH3 is 2. The van der Waals surface area contributed by atoms with Crippen molar-refractivity contribution in [1.82, 2.24) is 4.90 Å². The topological polar surface area (TPSA) is 105 Å². The number of ether oxygens (including phenoxy) is 2. The first-order valence-corrected chi connectivity index (χ1v) is 9.05. The van der Waals surface area contributed by atoms with E-state index < -0.39 is 36.0 Å². The van der Waals surface area contributed by atoms with Gasteiger partial charge in [-0.15, -0.1) is 0 Å². The maximum absolute atomic E-state index is 13.1. The second-order valence-corrected chi connectivity index (χ2v) is 6.64. The molecule has 2 aromatic rings. The summed E-state index contributed by atoms with van der Waals surface area (Å²) in [6, 6.07) is 13.0. The van der Waals surface area contributed by atoms with Crippen molar-refractivity contribution in [3.05, 3.63) is 60.2 Å². The number of para-hydroxylation sites is 1. The van der Waals surface area contributed by atoms with Crippen LogP contribution < -0.4 is 10.1 Å². The Morgan fingerprint density at radius 2 is 1.69 bits per heavy atom. The average Bonchev–Trinajstić information content (AvgIpc) is 3.15. The number of benzene rings is 2. The van der Waals surface area contributed by atoms with Crippen LogP contribution in [0.2, 0.25) is 0 Å². The van der Waals surface area contributed by atoms with Gasteiger partial charge < -0.3 is 24.8 Å². The molecule has 0 bridgehead atoms. The molecular formula is C21H22N2O6. The standard InChI is InChI=1S/C21H22N2O6/c1-28-15-10-8-13(9-11-15)18-16(20(26)29-2)12-17(19(24)25)23(18)21(27)22-14-6-4-3-5-7-14/h3-11,16-18H,12H2,1-2H3,(H,22,27)(H,24,25). The fourth-order valence-electron chi connectivity index (χ4n) is 3.64. The highest BCUT2D eigenvalue weighted by atomic mass is 16.5. The number of carboxylic acid groups (broad SMARTS) is 1. The number of amides is 2. The number of rotatable bonds is 5. The van der Waals surface area contributed by atoms with Crippen molar-refractivity contribution in [3.8, 4) is 5.75 Å². The van der Waals surface area contributed by atoms with E-state index in [2.05, 4.69) is 5.32 Å². The van der Waals surface area contributed by atoms with Gasteiger partial charge in [-0.1, -0.05) is 30.3 Å². The number of anilines is 1. The molecule has 2 amide bonds. The molecule has 3 rings (SSSR count). The number of aliphatic carboxylic acids is 1. The number of nitrogens with one attached hydrogen (secondary N) is 1. The number of hydrogen-bond acceptors (Lipinski definition) is 5. The minimum atomic E-state index is -1.18. The zero-order valence-corrected chi connectivity index (χ0v) is 16.1. The van der Waals surface area contributed by atoms with Gasteiger partial charge in [0.15, 0.2) is 0 Å². The predicted octanol–water partition coefficient (Wildman–Crippen LogP) is 2.92. The van der Waals surface area contributed by atoms with Crippen molar-refractivity contribution in [2.75, 3.05) is 19.5 Å². The van der Waals surface area contributed by atoms with Crippen molar-refractivity contribution in [2.45, 2.75) is 18.5 Å². The first kappa shape index (κ1) is 20.2. The van der Waals surface area contributed by atoms with Crippen molar-refractivity contribution in [1.29, 1.82) is 0 Å². The van der Waals surface area contributed by atoms with E-state index >= 15 is 0 Å². The number of hydrogen-bond donors (Lipinski definition) is 2. The van der Waals surface area contributed by atoms with Gasteiger partial charge >= 0.3 is 18.0 Å². The van der Waals surface area contributed by atoms with Crippen LogP contribution in [0.1, 0.15) is 18.0 Å². The van der Waals surface area contributed by atoms with E-state index in [9.17, 15) is 19.5 Å². The second kappa shape index (κ2) is 8.64. The van der Waals surface area contributed by atoms with Crippen LogP contribution in [0.15, 0.2) is 54.6 Å². The zero-order valence-electron chi connectivity index (χ0n) is 16.1. The molecule has 8 nitrogen and oxygen atoms in total. The summed E-state index contributed by atoms with van der Waals surface area (Å²) in [5.41, 5.74) is 1.14. The molecule has 1 heterocycles. The molecular weight excluding hydrogens is 376 g/mol. The van der Waals surface area contributed by atoms with Crippen molar-refractivity contribution < 1.29 is 29.0 Å². The summed E-state index contributed by atoms with van der Waals surface area (Å²) in [5, 5.41) is 12.4. The molecule has 1 aliphatic heterocycles. The summed E-state index contributed by atoms with van der Waals surface area (Å²) in [5.74, 6) is -1.95. The Morgan fingerprint density at radius 1 is 1.03 bits per heavy atom. The maximum atomic E-state index is 13.1. The summed E-state index contributed by atoms with van der Waals surface area (Å²) in [6.45, 7) is 0. The third kappa shape index (κ3) is 4.16. The Bertz CT molecular complexity index is 884. The minimum absolute atomic E-state index is 0.0408. The lowest BCUT2D eigenvalue weighted by Crippen LogP contribution is -2.44. The highest BCUT2D eigenvalue weighted by Gasteiger charge is 2.51. The summed E-state index contributed by atoms with van der Waals surface area (Å²) >= 11 is 0. The smallest absolute Gasteiger partial charge is 0.326 e. The van der Waals surface area contributed by atoms with Gasteiger partial charge in [-0.05, 0) is 36.2 Å². The van der Waals surface area contributed by atoms with Crippen LogP contribution in [0.3, 0.4) is 0 Å². The Balaban J connectivity index is 2.01. The lowest BCUT2D eigenvalue weighted by atomic mass is 9.93. The number of carboxylic acids is 1. The van der Waals surface area contributed by atoms with Gasteiger partial charge in [-0.25, -0.2) is 9.59 Å². The van der Waals surface area contributed by atoms with Crippen LogP contribution in [0.5, 0.6) is 5.75 Å². The number of likely N-dealkylation sites (tertiary alicyclic amines) is 1. The fourth-order valence-corrected chi connectivity index (χ4v) is 3.64. The molecule has 29 heavy (non-hydrogen) atoms. The first-order chi connectivity index (χ1) is 14.0. The third-order valence-corrected chi connectivity index (χ3v) is 5.00. The van der Waals surface area contributed by atoms with E-state index in [-0.39, 0.29) is 6.42 Å². The van der Waals surface area contributed by atoms with Crippen LogP contribution in [0.25, 0.3) is 0 Å². The fraction of sp³-hybridized carbons (Fsp3) is 0.286. The molecule has 152 valence electrons. The normalized spacial score (nSPS) is 20.8. The Hall–Kier alpha value is -3.55. The Labute approximate surface area is 168 Å². The summed E-state index contributed by atoms with van der Waals surface area (Å²) < 4.78 is 10.1. The van der Waals surface area contributed by atoms with Gasteiger partial charge in [0.1, 0.15) is 11.8 Å². The molecule has 2 N–H and O–H groups in total. The summed E-state index contributed by atoms with van der Waals surface area (Å²) in [4.78, 5) is 38.6. The molecule has 0 spiro atoms. The molecule has 2 aromatic carbocycles. The van der Waals surface area contributed by atoms with Gasteiger partial charge in [0.2, 0.25) is 0 Å².